The van der Waals surface area contributed by atoms with Gasteiger partial charge in [-0.05, 0) is 30.5 Å². The highest BCUT2D eigenvalue weighted by atomic mass is 16.6. The summed E-state index contributed by atoms with van der Waals surface area (Å²) in [6.07, 6.45) is -2.10. The number of carbonyl (C=O) groups is 2. The number of carbonyl (C=O) groups excluding carboxylic acids is 2. The Labute approximate surface area is 208 Å². The molecule has 11 heteroatoms. The normalized spacial score (nSPS) is 24.7. The number of rotatable bonds is 8. The lowest BCUT2D eigenvalue weighted by atomic mass is 9.93. The highest BCUT2D eigenvalue weighted by Crippen LogP contribution is 2.41. The molecule has 3 heterocycles. The van der Waals surface area contributed by atoms with E-state index in [2.05, 4.69) is 10.1 Å². The number of ether oxygens (including phenoxy) is 3. The van der Waals surface area contributed by atoms with Crippen molar-refractivity contribution in [2.45, 2.75) is 57.1 Å². The Hall–Kier alpha value is -3.54. The summed E-state index contributed by atoms with van der Waals surface area (Å²) in [6, 6.07) is 11.7. The van der Waals surface area contributed by atoms with Gasteiger partial charge in [0.1, 0.15) is 42.3 Å². The van der Waals surface area contributed by atoms with E-state index in [1.165, 1.54) is 10.8 Å². The fourth-order valence-electron chi connectivity index (χ4n) is 4.27. The monoisotopic (exact) mass is 497 g/mol. The molecule has 4 rings (SSSR count). The first-order valence-electron chi connectivity index (χ1n) is 11.7. The van der Waals surface area contributed by atoms with Crippen LogP contribution in [0.5, 0.6) is 0 Å². The number of anilines is 1. The first kappa shape index (κ1) is 25.5. The molecule has 5 N–H and O–H groups in total. The van der Waals surface area contributed by atoms with Crippen LogP contribution in [0.25, 0.3) is 5.52 Å². The molecule has 1 saturated heterocycles. The summed E-state index contributed by atoms with van der Waals surface area (Å²) in [6.45, 7) is 4.99. The molecule has 0 saturated carbocycles. The van der Waals surface area contributed by atoms with E-state index >= 15 is 0 Å². The van der Waals surface area contributed by atoms with E-state index in [1.807, 2.05) is 18.2 Å². The molecule has 1 aliphatic heterocycles. The predicted molar refractivity (Wildman–Crippen MR) is 129 cm³/mol. The molecule has 0 aliphatic carbocycles. The van der Waals surface area contributed by atoms with Crippen LogP contribution in [-0.2, 0) is 35.8 Å². The van der Waals surface area contributed by atoms with Crippen LogP contribution in [0.2, 0.25) is 0 Å². The van der Waals surface area contributed by atoms with Gasteiger partial charge in [-0.25, -0.2) is 9.50 Å². The summed E-state index contributed by atoms with van der Waals surface area (Å²) >= 11 is 0. The number of benzene rings is 1. The van der Waals surface area contributed by atoms with Crippen molar-refractivity contribution < 1.29 is 28.9 Å². The first-order valence-corrected chi connectivity index (χ1v) is 11.7. The average molecular weight is 498 g/mol. The number of nitrogens with two attached hydrogens (primary N) is 2. The van der Waals surface area contributed by atoms with Gasteiger partial charge < -0.3 is 30.8 Å². The number of aliphatic hydroxyl groups excluding tert-OH is 1. The standard InChI is InChI=1S/C25H31N5O6/c1-14(2)20(26)24(33)34-12-17-21(35-19(31)11-15-7-5-4-6-8-15)22(32)25(3,36-17)18-10-9-16-23(27)28-13-29-30(16)18/h4-10,13-14,17,20-22,32H,11-12,26H2,1-3H3,(H2,27,28,29)/t17-,20+,21-,22-,25+/m1/s1. The van der Waals surface area contributed by atoms with E-state index < -0.39 is 41.9 Å². The summed E-state index contributed by atoms with van der Waals surface area (Å²) in [5.74, 6) is -1.04. The lowest BCUT2D eigenvalue weighted by molar-refractivity contribution is -0.161. The van der Waals surface area contributed by atoms with Crippen molar-refractivity contribution in [3.63, 3.8) is 0 Å². The summed E-state index contributed by atoms with van der Waals surface area (Å²) in [7, 11) is 0. The van der Waals surface area contributed by atoms with Gasteiger partial charge in [-0.3, -0.25) is 9.59 Å². The van der Waals surface area contributed by atoms with Crippen LogP contribution in [0, 0.1) is 5.92 Å². The molecule has 0 radical (unpaired) electrons. The lowest BCUT2D eigenvalue weighted by Gasteiger charge is -2.27. The second kappa shape index (κ2) is 10.2. The highest BCUT2D eigenvalue weighted by molar-refractivity contribution is 5.76. The largest absolute Gasteiger partial charge is 0.462 e. The third kappa shape index (κ3) is 4.90. The molecule has 1 fully saturated rings. The molecule has 36 heavy (non-hydrogen) atoms. The number of esters is 2. The number of nitrogens with zero attached hydrogens (tertiary/aromatic N) is 3. The van der Waals surface area contributed by atoms with Crippen molar-refractivity contribution in [3.05, 3.63) is 60.0 Å². The van der Waals surface area contributed by atoms with Gasteiger partial charge in [0.05, 0.1) is 12.1 Å². The van der Waals surface area contributed by atoms with Crippen LogP contribution in [0.3, 0.4) is 0 Å². The Morgan fingerprint density at radius 3 is 2.64 bits per heavy atom. The minimum Gasteiger partial charge on any atom is -0.462 e. The molecule has 0 spiro atoms. The summed E-state index contributed by atoms with van der Waals surface area (Å²) in [5, 5.41) is 15.6. The van der Waals surface area contributed by atoms with Gasteiger partial charge in [-0.15, -0.1) is 0 Å². The van der Waals surface area contributed by atoms with Crippen molar-refractivity contribution in [3.8, 4) is 0 Å². The Kier molecular flexibility index (Phi) is 7.25. The highest BCUT2D eigenvalue weighted by Gasteiger charge is 2.56. The fourth-order valence-corrected chi connectivity index (χ4v) is 4.27. The summed E-state index contributed by atoms with van der Waals surface area (Å²) in [4.78, 5) is 29.2. The second-order valence-corrected chi connectivity index (χ2v) is 9.39. The van der Waals surface area contributed by atoms with Gasteiger partial charge in [-0.1, -0.05) is 44.2 Å². The Bertz CT molecular complexity index is 1230. The molecular weight excluding hydrogens is 466 g/mol. The average Bonchev–Trinajstić information content (AvgIpc) is 3.39. The number of aromatic nitrogens is 3. The molecular formula is C25H31N5O6. The van der Waals surface area contributed by atoms with E-state index in [4.69, 9.17) is 25.7 Å². The van der Waals surface area contributed by atoms with Gasteiger partial charge in [0.25, 0.3) is 0 Å². The maximum atomic E-state index is 12.8. The van der Waals surface area contributed by atoms with E-state index in [0.717, 1.165) is 5.56 Å². The van der Waals surface area contributed by atoms with Crippen molar-refractivity contribution >= 4 is 23.3 Å². The van der Waals surface area contributed by atoms with E-state index in [9.17, 15) is 14.7 Å². The first-order chi connectivity index (χ1) is 17.1. The molecule has 0 amide bonds. The maximum absolute atomic E-state index is 12.8. The second-order valence-electron chi connectivity index (χ2n) is 9.39. The van der Waals surface area contributed by atoms with Crippen molar-refractivity contribution in [2.24, 2.45) is 11.7 Å². The van der Waals surface area contributed by atoms with Gasteiger partial charge in [-0.2, -0.15) is 5.10 Å². The predicted octanol–water partition coefficient (Wildman–Crippen LogP) is 0.967. The van der Waals surface area contributed by atoms with Gasteiger partial charge in [0.15, 0.2) is 11.9 Å². The SMILES string of the molecule is CC(C)[C@H](N)C(=O)OC[C@H]1O[C@@](C)(c2ccc3c(N)ncnn23)[C@H](O)[C@@H]1OC(=O)Cc1ccccc1. The number of hydrogen-bond donors (Lipinski definition) is 3. The van der Waals surface area contributed by atoms with Crippen LogP contribution in [0.15, 0.2) is 48.8 Å². The molecule has 11 nitrogen and oxygen atoms in total. The quantitative estimate of drug-likeness (QED) is 0.382. The van der Waals surface area contributed by atoms with Crippen molar-refractivity contribution in [2.75, 3.05) is 12.3 Å². The van der Waals surface area contributed by atoms with Crippen molar-refractivity contribution in [1.82, 2.24) is 14.6 Å². The van der Waals surface area contributed by atoms with Crippen LogP contribution in [0.1, 0.15) is 32.0 Å². The summed E-state index contributed by atoms with van der Waals surface area (Å²) in [5.41, 5.74) is 12.2. The molecule has 1 aliphatic rings. The van der Waals surface area contributed by atoms with Crippen LogP contribution in [0.4, 0.5) is 5.82 Å². The smallest absolute Gasteiger partial charge is 0.323 e. The van der Waals surface area contributed by atoms with Gasteiger partial charge >= 0.3 is 11.9 Å². The molecule has 0 bridgehead atoms. The van der Waals surface area contributed by atoms with Gasteiger partial charge in [0.2, 0.25) is 0 Å². The molecule has 192 valence electrons. The van der Waals surface area contributed by atoms with E-state index in [1.54, 1.807) is 45.0 Å². The number of hydrogen-bond acceptors (Lipinski definition) is 10. The lowest BCUT2D eigenvalue weighted by Crippen LogP contribution is -2.43. The molecule has 5 atom stereocenters. The van der Waals surface area contributed by atoms with E-state index in [-0.39, 0.29) is 24.8 Å². The molecule has 0 unspecified atom stereocenters. The third-order valence-corrected chi connectivity index (χ3v) is 6.47. The van der Waals surface area contributed by atoms with Crippen LogP contribution >= 0.6 is 0 Å². The zero-order valence-electron chi connectivity index (χ0n) is 20.4. The number of aliphatic hydroxyl groups is 1. The molecule has 1 aromatic carbocycles. The van der Waals surface area contributed by atoms with Crippen molar-refractivity contribution in [1.29, 1.82) is 0 Å². The van der Waals surface area contributed by atoms with E-state index in [0.29, 0.717) is 11.2 Å². The zero-order valence-corrected chi connectivity index (χ0v) is 20.4. The Morgan fingerprint density at radius 1 is 1.22 bits per heavy atom. The topological polar surface area (TPSA) is 164 Å². The Balaban J connectivity index is 1.60. The fraction of sp³-hybridized carbons (Fsp3) is 0.440. The minimum absolute atomic E-state index is 0.00330. The molecule has 2 aromatic heterocycles. The maximum Gasteiger partial charge on any atom is 0.323 e. The zero-order chi connectivity index (χ0) is 26.0. The van der Waals surface area contributed by atoms with Crippen LogP contribution < -0.4 is 11.5 Å². The minimum atomic E-state index is -1.37. The summed E-state index contributed by atoms with van der Waals surface area (Å²) < 4.78 is 18.9. The molecule has 3 aromatic rings. The third-order valence-electron chi connectivity index (χ3n) is 6.47. The Morgan fingerprint density at radius 2 is 1.94 bits per heavy atom. The number of nitrogen functional groups attached to an aromatic ring is 1. The number of fused-ring (bicyclic) bond motifs is 1. The van der Waals surface area contributed by atoms with Gasteiger partial charge in [0, 0.05) is 0 Å². The van der Waals surface area contributed by atoms with Crippen LogP contribution in [-0.4, -0.2) is 62.6 Å².